The zero-order chi connectivity index (χ0) is 17.3. The summed E-state index contributed by atoms with van der Waals surface area (Å²) in [6, 6.07) is 10.6. The number of hydrogen-bond donors (Lipinski definition) is 1. The number of carbonyl (C=O) groups is 1. The summed E-state index contributed by atoms with van der Waals surface area (Å²) >= 11 is 0. The van der Waals surface area contributed by atoms with E-state index in [1.165, 1.54) is 7.11 Å². The number of hydrogen-bond acceptors (Lipinski definition) is 4. The van der Waals surface area contributed by atoms with E-state index >= 15 is 0 Å². The van der Waals surface area contributed by atoms with Crippen LogP contribution < -0.4 is 10.2 Å². The van der Waals surface area contributed by atoms with Crippen molar-refractivity contribution in [2.45, 2.75) is 19.8 Å². The maximum atomic E-state index is 12.6. The van der Waals surface area contributed by atoms with Gasteiger partial charge < -0.3 is 14.3 Å². The van der Waals surface area contributed by atoms with Gasteiger partial charge in [-0.25, -0.2) is 0 Å². The molecule has 0 unspecified atom stereocenters. The van der Waals surface area contributed by atoms with Crippen molar-refractivity contribution in [1.82, 2.24) is 0 Å². The van der Waals surface area contributed by atoms with Gasteiger partial charge in [-0.05, 0) is 36.6 Å². The third kappa shape index (κ3) is 2.73. The molecule has 5 heteroatoms. The van der Waals surface area contributed by atoms with Crippen LogP contribution in [0, 0.1) is 5.92 Å². The lowest BCUT2D eigenvalue weighted by atomic mass is 9.99. The van der Waals surface area contributed by atoms with E-state index in [2.05, 4.69) is 0 Å². The molecule has 5 nitrogen and oxygen atoms in total. The van der Waals surface area contributed by atoms with Crippen molar-refractivity contribution in [3.63, 3.8) is 0 Å². The molecule has 1 N–H and O–H groups in total. The van der Waals surface area contributed by atoms with E-state index in [0.717, 1.165) is 5.56 Å². The third-order valence-electron chi connectivity index (χ3n) is 4.25. The number of carboxylic acids is 1. The van der Waals surface area contributed by atoms with Crippen molar-refractivity contribution in [1.29, 1.82) is 0 Å². The maximum Gasteiger partial charge on any atom is 0.306 e. The van der Waals surface area contributed by atoms with E-state index in [9.17, 15) is 9.59 Å². The van der Waals surface area contributed by atoms with Crippen molar-refractivity contribution in [2.75, 3.05) is 7.11 Å². The summed E-state index contributed by atoms with van der Waals surface area (Å²) in [5, 5.41) is 10.0. The molecule has 1 heterocycles. The Morgan fingerprint density at radius 2 is 1.96 bits per heavy atom. The topological polar surface area (TPSA) is 76.7 Å². The molecule has 1 atom stereocenters. The van der Waals surface area contributed by atoms with Crippen LogP contribution in [0.5, 0.6) is 5.75 Å². The number of ether oxygens (including phenoxy) is 1. The van der Waals surface area contributed by atoms with Gasteiger partial charge in [0.25, 0.3) is 0 Å². The van der Waals surface area contributed by atoms with Crippen LogP contribution in [0.15, 0.2) is 45.6 Å². The number of rotatable bonds is 5. The Hall–Kier alpha value is -2.82. The minimum absolute atomic E-state index is 0.101. The van der Waals surface area contributed by atoms with E-state index in [1.54, 1.807) is 37.3 Å². The molecule has 0 aliphatic rings. The molecule has 0 saturated carbocycles. The summed E-state index contributed by atoms with van der Waals surface area (Å²) in [5.74, 6) is -0.783. The number of benzene rings is 2. The minimum Gasteiger partial charge on any atom is -0.493 e. The SMILES string of the molecule is COc1c(CC[C@@H](C)C(=O)O)ccc2c(=O)c3ccccc3oc12. The normalized spacial score (nSPS) is 12.4. The molecule has 0 bridgehead atoms. The van der Waals surface area contributed by atoms with Gasteiger partial charge in [-0.1, -0.05) is 25.1 Å². The number of para-hydroxylation sites is 1. The van der Waals surface area contributed by atoms with Gasteiger partial charge in [0, 0.05) is 0 Å². The second kappa shape index (κ2) is 6.35. The Bertz CT molecular complexity index is 971. The zero-order valence-corrected chi connectivity index (χ0v) is 13.5. The largest absolute Gasteiger partial charge is 0.493 e. The molecule has 0 spiro atoms. The van der Waals surface area contributed by atoms with E-state index in [4.69, 9.17) is 14.3 Å². The van der Waals surface area contributed by atoms with Gasteiger partial charge in [0.1, 0.15) is 5.58 Å². The van der Waals surface area contributed by atoms with Gasteiger partial charge in [0.05, 0.1) is 23.8 Å². The summed E-state index contributed by atoms with van der Waals surface area (Å²) < 4.78 is 11.4. The Balaban J connectivity index is 2.14. The van der Waals surface area contributed by atoms with Gasteiger partial charge >= 0.3 is 5.97 Å². The van der Waals surface area contributed by atoms with Crippen LogP contribution in [-0.4, -0.2) is 18.2 Å². The summed E-state index contributed by atoms with van der Waals surface area (Å²) in [6.45, 7) is 1.67. The molecule has 0 amide bonds. The average Bonchev–Trinajstić information content (AvgIpc) is 2.59. The number of methoxy groups -OCH3 is 1. The smallest absolute Gasteiger partial charge is 0.306 e. The molecule has 0 aliphatic heterocycles. The van der Waals surface area contributed by atoms with Crippen molar-refractivity contribution in [3.8, 4) is 5.75 Å². The lowest BCUT2D eigenvalue weighted by Gasteiger charge is -2.12. The Morgan fingerprint density at radius 3 is 2.67 bits per heavy atom. The first-order valence-electron chi connectivity index (χ1n) is 7.77. The van der Waals surface area contributed by atoms with Gasteiger partial charge in [-0.15, -0.1) is 0 Å². The van der Waals surface area contributed by atoms with Crippen LogP contribution >= 0.6 is 0 Å². The molecule has 0 radical (unpaired) electrons. The molecule has 124 valence electrons. The van der Waals surface area contributed by atoms with Crippen LogP contribution in [-0.2, 0) is 11.2 Å². The highest BCUT2D eigenvalue weighted by Gasteiger charge is 2.17. The molecule has 24 heavy (non-hydrogen) atoms. The van der Waals surface area contributed by atoms with Crippen molar-refractivity contribution >= 4 is 27.9 Å². The van der Waals surface area contributed by atoms with Gasteiger partial charge in [0.15, 0.2) is 11.3 Å². The summed E-state index contributed by atoms with van der Waals surface area (Å²) in [6.07, 6.45) is 1.01. The predicted molar refractivity (Wildman–Crippen MR) is 91.7 cm³/mol. The molecule has 2 aromatic carbocycles. The van der Waals surface area contributed by atoms with Crippen LogP contribution in [0.25, 0.3) is 21.9 Å². The highest BCUT2D eigenvalue weighted by molar-refractivity contribution is 5.93. The maximum absolute atomic E-state index is 12.6. The van der Waals surface area contributed by atoms with E-state index < -0.39 is 11.9 Å². The lowest BCUT2D eigenvalue weighted by molar-refractivity contribution is -0.141. The molecular formula is C19H18O5. The fraction of sp³-hybridized carbons (Fsp3) is 0.263. The van der Waals surface area contributed by atoms with Crippen LogP contribution in [0.3, 0.4) is 0 Å². The standard InChI is InChI=1S/C19H18O5/c1-11(19(21)22)7-8-12-9-10-14-16(20)13-5-3-4-6-15(13)24-18(14)17(12)23-2/h3-6,9-11H,7-8H2,1-2H3,(H,21,22)/t11-/m1/s1. The Kier molecular flexibility index (Phi) is 4.25. The van der Waals surface area contributed by atoms with Crippen LogP contribution in [0.2, 0.25) is 0 Å². The first-order valence-corrected chi connectivity index (χ1v) is 7.77. The molecule has 0 saturated heterocycles. The van der Waals surface area contributed by atoms with Gasteiger partial charge in [0.2, 0.25) is 5.43 Å². The molecule has 1 aromatic heterocycles. The number of fused-ring (bicyclic) bond motifs is 2. The summed E-state index contributed by atoms with van der Waals surface area (Å²) in [7, 11) is 1.52. The van der Waals surface area contributed by atoms with E-state index in [1.807, 2.05) is 6.07 Å². The average molecular weight is 326 g/mol. The van der Waals surface area contributed by atoms with Crippen molar-refractivity contribution in [3.05, 3.63) is 52.2 Å². The van der Waals surface area contributed by atoms with E-state index in [0.29, 0.717) is 40.5 Å². The summed E-state index contributed by atoms with van der Waals surface area (Å²) in [4.78, 5) is 23.6. The van der Waals surface area contributed by atoms with Gasteiger partial charge in [-0.2, -0.15) is 0 Å². The van der Waals surface area contributed by atoms with Crippen LogP contribution in [0.4, 0.5) is 0 Å². The Labute approximate surface area is 138 Å². The number of aliphatic carboxylic acids is 1. The second-order valence-corrected chi connectivity index (χ2v) is 5.84. The lowest BCUT2D eigenvalue weighted by Crippen LogP contribution is -2.11. The van der Waals surface area contributed by atoms with Crippen molar-refractivity contribution < 1.29 is 19.1 Å². The van der Waals surface area contributed by atoms with E-state index in [-0.39, 0.29) is 5.43 Å². The number of aryl methyl sites for hydroxylation is 1. The highest BCUT2D eigenvalue weighted by atomic mass is 16.5. The Morgan fingerprint density at radius 1 is 1.21 bits per heavy atom. The minimum atomic E-state index is -0.827. The predicted octanol–water partition coefficient (Wildman–Crippen LogP) is 3.61. The van der Waals surface area contributed by atoms with Gasteiger partial charge in [-0.3, -0.25) is 9.59 Å². The molecule has 3 rings (SSSR count). The van der Waals surface area contributed by atoms with Crippen molar-refractivity contribution in [2.24, 2.45) is 5.92 Å². The quantitative estimate of drug-likeness (QED) is 0.725. The third-order valence-corrected chi connectivity index (χ3v) is 4.25. The molecular weight excluding hydrogens is 308 g/mol. The first-order chi connectivity index (χ1) is 11.5. The zero-order valence-electron chi connectivity index (χ0n) is 13.5. The second-order valence-electron chi connectivity index (χ2n) is 5.84. The molecule has 0 aliphatic carbocycles. The fourth-order valence-electron chi connectivity index (χ4n) is 2.80. The molecule has 3 aromatic rings. The monoisotopic (exact) mass is 326 g/mol. The number of carboxylic acid groups (broad SMARTS) is 1. The molecule has 0 fully saturated rings. The first kappa shape index (κ1) is 16.1. The fourth-order valence-corrected chi connectivity index (χ4v) is 2.80. The summed E-state index contributed by atoms with van der Waals surface area (Å²) in [5.41, 5.74) is 1.64. The van der Waals surface area contributed by atoms with Crippen LogP contribution in [0.1, 0.15) is 18.9 Å². The highest BCUT2D eigenvalue weighted by Crippen LogP contribution is 2.31.